The summed E-state index contributed by atoms with van der Waals surface area (Å²) in [6.45, 7) is 13.9. The molecule has 0 saturated heterocycles. The van der Waals surface area contributed by atoms with Gasteiger partial charge in [-0.2, -0.15) is 11.1 Å². The number of nitrogens with one attached hydrogen (secondary N) is 3. The van der Waals surface area contributed by atoms with E-state index in [1.165, 1.54) is 0 Å². The van der Waals surface area contributed by atoms with Gasteiger partial charge in [0.2, 0.25) is 0 Å². The number of hydrogen-bond acceptors (Lipinski definition) is 8. The van der Waals surface area contributed by atoms with Gasteiger partial charge in [-0.3, -0.25) is 0 Å². The summed E-state index contributed by atoms with van der Waals surface area (Å²) in [5.74, 6) is 94.9. The maximum Gasteiger partial charge on any atom is 0 e. The van der Waals surface area contributed by atoms with Crippen molar-refractivity contribution in [1.82, 2.24) is 6.15 Å². The Balaban J connectivity index is -0.0000000376. The molecule has 0 aromatic heterocycles. The van der Waals surface area contributed by atoms with Crippen molar-refractivity contribution in [3.63, 3.8) is 0 Å². The summed E-state index contributed by atoms with van der Waals surface area (Å²) in [4.78, 5) is 1.75. The molecule has 71 heavy (non-hydrogen) atoms. The van der Waals surface area contributed by atoms with Gasteiger partial charge in [0, 0.05) is 10.8 Å². The molecule has 0 aliphatic carbocycles. The molecule has 16 heteroatoms. The smallest absolute Gasteiger partial charge is 0 e. The van der Waals surface area contributed by atoms with Crippen LogP contribution in [0.2, 0.25) is 0 Å². The Labute approximate surface area is 425 Å². The van der Waals surface area contributed by atoms with Crippen LogP contribution in [0.15, 0.2) is 31.3 Å². The first-order chi connectivity index (χ1) is 33.6. The topological polar surface area (TPSA) is 317 Å². The Morgan fingerprint density at radius 2 is 0.521 bits per heavy atom. The first kappa shape index (κ1) is 102. The van der Waals surface area contributed by atoms with Gasteiger partial charge >= 0.3 is 0 Å². The highest BCUT2D eigenvalue weighted by Crippen LogP contribution is 1.71. The summed E-state index contributed by atoms with van der Waals surface area (Å²) in [5.41, 5.74) is 24.1. The SMILES string of the molecule is C.C#C.C#CC.C#CC#CC.C#CC#CC#C.C#CC#CC#CC.C#CC#CC#CC#CC.C#CC#CC#CC#CC#C.CC#CC.CC#CC#CC#CC.N.N#N.N/N=N/N.N=N/N=N/N=N.[N-]=[N+]=N. The largest absolute Gasteiger partial charge is 0.344 e. The van der Waals surface area contributed by atoms with Gasteiger partial charge < -0.3 is 17.8 Å². The highest BCUT2D eigenvalue weighted by molar-refractivity contribution is 5.42. The van der Waals surface area contributed by atoms with Crippen molar-refractivity contribution < 1.29 is 0 Å². The van der Waals surface area contributed by atoms with Crippen molar-refractivity contribution in [3.8, 4) is 277 Å². The van der Waals surface area contributed by atoms with Gasteiger partial charge in [-0.15, -0.1) is 87.5 Å². The van der Waals surface area contributed by atoms with Crippen LogP contribution in [0, 0.1) is 305 Å². The van der Waals surface area contributed by atoms with Gasteiger partial charge in [0.25, 0.3) is 0 Å². The lowest BCUT2D eigenvalue weighted by molar-refractivity contribution is 0.808. The zero-order chi connectivity index (χ0) is 56.4. The molecule has 0 spiro atoms. The van der Waals surface area contributed by atoms with Gasteiger partial charge in [-0.25, -0.2) is 0 Å². The van der Waals surface area contributed by atoms with Gasteiger partial charge in [0.1, 0.15) is 0 Å². The van der Waals surface area contributed by atoms with Crippen LogP contribution in [0.4, 0.5) is 0 Å². The van der Waals surface area contributed by atoms with E-state index in [0.29, 0.717) is 0 Å². The normalized spacial score (nSPS) is 3.89. The number of terminal acetylenes is 9. The fourth-order valence-electron chi connectivity index (χ4n) is 0.891. The van der Waals surface area contributed by atoms with E-state index in [0.717, 1.165) is 0 Å². The maximum absolute atomic E-state index is 6.86. The Morgan fingerprint density at radius 1 is 0.380 bits per heavy atom. The Kier molecular flexibility index (Phi) is 286. The van der Waals surface area contributed by atoms with Crippen molar-refractivity contribution in [3.05, 3.63) is 10.4 Å². The summed E-state index contributed by atoms with van der Waals surface area (Å²) in [6, 6.07) is 0. The average Bonchev–Trinajstić information content (AvgIpc) is 3.38. The molecule has 0 rings (SSSR count). The fraction of sp³-hybridized carbons (Fsp3) is 0.164. The Morgan fingerprint density at radius 3 is 0.634 bits per heavy atom. The Bertz CT molecular complexity index is 2740. The summed E-state index contributed by atoms with van der Waals surface area (Å²) in [6.07, 6.45) is 45.9. The van der Waals surface area contributed by atoms with E-state index in [1.54, 1.807) is 46.5 Å². The van der Waals surface area contributed by atoms with E-state index in [2.05, 4.69) is 275 Å². The summed E-state index contributed by atoms with van der Waals surface area (Å²) in [5, 5.41) is 27.4. The van der Waals surface area contributed by atoms with Crippen LogP contribution in [0.25, 0.3) is 10.4 Å². The first-order valence-corrected chi connectivity index (χ1v) is 16.0. The number of hydrogen-bond donors (Lipinski definition) is 6. The molecule has 0 saturated carbocycles. The molecule has 16 nitrogen and oxygen atoms in total. The van der Waals surface area contributed by atoms with Crippen LogP contribution >= 0.6 is 0 Å². The standard InChI is InChI=1S/C10H2.C9H4.C8H6.C7H4.C6H2.C5H4.C4H6.C3H4.C2H2.CH4.H2N6.H4N4.HN3.N2.H3N/c1-3-5-7-9-10-8-6-4-2;1-3-5-7-9-8-6-4-2;1-3-5-7-8-6-4-2;1-3-5-7-6-4-2;1-3-5-6-4-2;1-3-5-4-2;1-3-4-2;1-3-2;1-2;;1-3-5-6-4-2;1-3-4-2;1-3-2;1-2;/h1-2H;1H,2H3;1-2H3;1H,2H3;1-2H;1H,2H3;1-2H3;1H,2H3;1-2H;1H4;1-2H;(H2,1,4)(H2,2,3);1H;;1H3/b;;;;;;;;;;3-1?,4-2?,6-5+;;;;. The molecule has 0 heterocycles. The fourth-order valence-corrected chi connectivity index (χ4v) is 0.891. The number of rotatable bonds is 2. The lowest BCUT2D eigenvalue weighted by atomic mass is 10.5. The van der Waals surface area contributed by atoms with E-state index in [4.69, 9.17) is 77.9 Å². The second-order valence-electron chi connectivity index (χ2n) is 6.38. The van der Waals surface area contributed by atoms with Gasteiger partial charge in [-0.05, 0) is 252 Å². The highest BCUT2D eigenvalue weighted by Gasteiger charge is 1.53. The minimum atomic E-state index is 0. The molecular formula is C55H48N16. The van der Waals surface area contributed by atoms with Crippen LogP contribution in [0.5, 0.6) is 0 Å². The molecule has 0 bridgehead atoms. The van der Waals surface area contributed by atoms with E-state index < -0.39 is 0 Å². The Hall–Kier alpha value is -13.4. The second-order valence-corrected chi connectivity index (χ2v) is 6.38. The van der Waals surface area contributed by atoms with Crippen LogP contribution in [0.1, 0.15) is 62.8 Å². The third kappa shape index (κ3) is 489. The predicted octanol–water partition coefficient (Wildman–Crippen LogP) is 7.63. The van der Waals surface area contributed by atoms with Crippen molar-refractivity contribution in [2.75, 3.05) is 0 Å². The molecule has 0 atom stereocenters. The van der Waals surface area contributed by atoms with Crippen molar-refractivity contribution in [2.24, 2.45) is 43.0 Å². The van der Waals surface area contributed by atoms with Crippen LogP contribution in [0.3, 0.4) is 0 Å². The van der Waals surface area contributed by atoms with Gasteiger partial charge in [0.15, 0.2) is 0 Å². The third-order valence-corrected chi connectivity index (χ3v) is 2.51. The van der Waals surface area contributed by atoms with E-state index in [-0.39, 0.29) is 13.6 Å². The monoisotopic (exact) mass is 932 g/mol. The zero-order valence-corrected chi connectivity index (χ0v) is 39.6. The van der Waals surface area contributed by atoms with E-state index in [9.17, 15) is 0 Å². The average molecular weight is 933 g/mol. The molecule has 0 radical (unpaired) electrons. The van der Waals surface area contributed by atoms with Crippen molar-refractivity contribution in [2.45, 2.75) is 62.8 Å². The maximum atomic E-state index is 6.86. The number of nitrogens with zero attached hydrogens (tertiary/aromatic N) is 10. The lowest BCUT2D eigenvalue weighted by Crippen LogP contribution is -1.80. The molecule has 0 aliphatic rings. The summed E-state index contributed by atoms with van der Waals surface area (Å²) >= 11 is 0. The molecule has 10 N–H and O–H groups in total. The van der Waals surface area contributed by atoms with Crippen LogP contribution < -0.4 is 17.8 Å². The molecular weight excluding hydrogens is 885 g/mol. The lowest BCUT2D eigenvalue weighted by Gasteiger charge is -1.56. The molecule has 0 aliphatic heterocycles. The zero-order valence-electron chi connectivity index (χ0n) is 39.6. The minimum absolute atomic E-state index is 0. The van der Waals surface area contributed by atoms with Gasteiger partial charge in [-0.1, -0.05) is 47.5 Å². The van der Waals surface area contributed by atoms with E-state index >= 15 is 0 Å². The van der Waals surface area contributed by atoms with Crippen molar-refractivity contribution in [1.29, 1.82) is 27.4 Å². The van der Waals surface area contributed by atoms with E-state index in [1.807, 2.05) is 13.8 Å². The molecule has 0 aromatic rings. The van der Waals surface area contributed by atoms with Crippen LogP contribution in [-0.4, -0.2) is 0 Å². The van der Waals surface area contributed by atoms with Gasteiger partial charge in [0.05, 0.1) is 0 Å². The highest BCUT2D eigenvalue weighted by atomic mass is 15.5. The molecule has 0 fully saturated rings. The predicted molar refractivity (Wildman–Crippen MR) is 288 cm³/mol. The van der Waals surface area contributed by atoms with Crippen molar-refractivity contribution >= 4 is 0 Å². The molecule has 348 valence electrons. The summed E-state index contributed by atoms with van der Waals surface area (Å²) in [7, 11) is 0. The third-order valence-electron chi connectivity index (χ3n) is 2.51. The summed E-state index contributed by atoms with van der Waals surface area (Å²) < 4.78 is 0. The first-order valence-electron chi connectivity index (χ1n) is 16.0. The molecule has 0 unspecified atom stereocenters. The second kappa shape index (κ2) is 200. The molecule has 0 amide bonds. The van der Waals surface area contributed by atoms with Crippen LogP contribution in [-0.2, 0) is 0 Å². The minimum Gasteiger partial charge on any atom is -0.344 e. The quantitative estimate of drug-likeness (QED) is 0.0308. The number of nitrogens with two attached hydrogens (primary N) is 2. The molecule has 0 aromatic carbocycles.